The highest BCUT2D eigenvalue weighted by Gasteiger charge is 2.33. The first-order chi connectivity index (χ1) is 11.9. The summed E-state index contributed by atoms with van der Waals surface area (Å²) in [6.07, 6.45) is 10.5. The normalized spacial score (nSPS) is 14.8. The Bertz CT molecular complexity index is 396. The van der Waals surface area contributed by atoms with Crippen LogP contribution >= 0.6 is 23.2 Å². The van der Waals surface area contributed by atoms with E-state index in [-0.39, 0.29) is 10.8 Å². The maximum Gasteiger partial charge on any atom is 0.322 e. The molecule has 0 bridgehead atoms. The molecule has 0 aliphatic carbocycles. The first-order valence-corrected chi connectivity index (χ1v) is 10.5. The van der Waals surface area contributed by atoms with Crippen molar-refractivity contribution in [1.29, 1.82) is 0 Å². The molecule has 0 saturated carbocycles. The smallest absolute Gasteiger partial charge is 0.322 e. The van der Waals surface area contributed by atoms with E-state index in [9.17, 15) is 9.59 Å². The van der Waals surface area contributed by atoms with Gasteiger partial charge in [-0.05, 0) is 23.7 Å². The average Bonchev–Trinajstić information content (AvgIpc) is 2.54. The minimum atomic E-state index is -0.941. The zero-order valence-electron chi connectivity index (χ0n) is 16.7. The van der Waals surface area contributed by atoms with Gasteiger partial charge >= 0.3 is 11.9 Å². The van der Waals surface area contributed by atoms with Gasteiger partial charge in [-0.2, -0.15) is 0 Å². The van der Waals surface area contributed by atoms with E-state index in [2.05, 4.69) is 0 Å². The highest BCUT2D eigenvalue weighted by atomic mass is 35.5. The van der Waals surface area contributed by atoms with Crippen molar-refractivity contribution in [3.8, 4) is 0 Å². The summed E-state index contributed by atoms with van der Waals surface area (Å²) in [4.78, 5) is 21.9. The van der Waals surface area contributed by atoms with Crippen LogP contribution in [0.15, 0.2) is 0 Å². The number of carbonyl (C=O) groups is 2. The van der Waals surface area contributed by atoms with Crippen molar-refractivity contribution >= 4 is 35.1 Å². The van der Waals surface area contributed by atoms with E-state index in [0.29, 0.717) is 0 Å². The molecule has 0 saturated heterocycles. The SMILES string of the molecule is CC(C)(CCCCCCCCCCC(C)(C)[C@H](Cl)C(=O)O)[C@H](Cl)C(=O)O. The first-order valence-electron chi connectivity index (χ1n) is 9.65. The van der Waals surface area contributed by atoms with Crippen molar-refractivity contribution in [2.75, 3.05) is 0 Å². The number of rotatable bonds is 15. The first kappa shape index (κ1) is 25.5. The van der Waals surface area contributed by atoms with Crippen molar-refractivity contribution in [2.45, 2.75) is 103 Å². The monoisotopic (exact) mass is 410 g/mol. The molecule has 0 aromatic carbocycles. The molecular weight excluding hydrogens is 375 g/mol. The second kappa shape index (κ2) is 12.1. The molecule has 0 rings (SSSR count). The summed E-state index contributed by atoms with van der Waals surface area (Å²) in [6.45, 7) is 7.65. The lowest BCUT2D eigenvalue weighted by Crippen LogP contribution is -2.31. The van der Waals surface area contributed by atoms with Gasteiger partial charge in [-0.1, -0.05) is 79.1 Å². The van der Waals surface area contributed by atoms with Crippen molar-refractivity contribution in [2.24, 2.45) is 10.8 Å². The Morgan fingerprint density at radius 2 is 0.885 bits per heavy atom. The molecule has 0 aliphatic rings. The van der Waals surface area contributed by atoms with Crippen LogP contribution in [0.4, 0.5) is 0 Å². The third-order valence-electron chi connectivity index (χ3n) is 5.20. The molecule has 0 aliphatic heterocycles. The number of unbranched alkanes of at least 4 members (excludes halogenated alkanes) is 7. The molecule has 2 N–H and O–H groups in total. The molecule has 0 amide bonds. The number of alkyl halides is 2. The maximum absolute atomic E-state index is 11.0. The molecule has 0 spiro atoms. The fraction of sp³-hybridized carbons (Fsp3) is 0.900. The molecule has 154 valence electrons. The molecular formula is C20H36Cl2O4. The number of hydrogen-bond acceptors (Lipinski definition) is 2. The van der Waals surface area contributed by atoms with Crippen LogP contribution in [0.5, 0.6) is 0 Å². The van der Waals surface area contributed by atoms with Crippen LogP contribution in [-0.2, 0) is 9.59 Å². The minimum absolute atomic E-state index is 0.379. The van der Waals surface area contributed by atoms with Crippen LogP contribution in [0.25, 0.3) is 0 Å². The standard InChI is InChI=1S/C20H36Cl2O4/c1-19(2,15(21)17(23)24)13-11-9-7-5-6-8-10-12-14-20(3,4)16(22)18(25)26/h15-16H,5-14H2,1-4H3,(H,23,24)(H,25,26)/t15-,16-/m1/s1. The molecule has 6 heteroatoms. The van der Waals surface area contributed by atoms with E-state index < -0.39 is 22.7 Å². The molecule has 0 fully saturated rings. The molecule has 0 radical (unpaired) electrons. The molecule has 26 heavy (non-hydrogen) atoms. The third kappa shape index (κ3) is 10.0. The predicted octanol–water partition coefficient (Wildman–Crippen LogP) is 6.32. The average molecular weight is 411 g/mol. The lowest BCUT2D eigenvalue weighted by atomic mass is 9.83. The van der Waals surface area contributed by atoms with Crippen molar-refractivity contribution in [3.05, 3.63) is 0 Å². The predicted molar refractivity (Wildman–Crippen MR) is 108 cm³/mol. The van der Waals surface area contributed by atoms with E-state index in [0.717, 1.165) is 51.4 Å². The Balaban J connectivity index is 3.69. The fourth-order valence-corrected chi connectivity index (χ4v) is 3.36. The lowest BCUT2D eigenvalue weighted by Gasteiger charge is -2.27. The maximum atomic E-state index is 11.0. The van der Waals surface area contributed by atoms with Crippen LogP contribution in [0, 0.1) is 10.8 Å². The van der Waals surface area contributed by atoms with E-state index in [1.807, 2.05) is 27.7 Å². The summed E-state index contributed by atoms with van der Waals surface area (Å²) in [7, 11) is 0. The van der Waals surface area contributed by atoms with E-state index in [4.69, 9.17) is 33.4 Å². The van der Waals surface area contributed by atoms with Gasteiger partial charge in [0.15, 0.2) is 0 Å². The van der Waals surface area contributed by atoms with Gasteiger partial charge in [-0.25, -0.2) is 0 Å². The minimum Gasteiger partial charge on any atom is -0.480 e. The Hall–Kier alpha value is -0.480. The third-order valence-corrected chi connectivity index (χ3v) is 6.75. The number of halogens is 2. The topological polar surface area (TPSA) is 74.6 Å². The van der Waals surface area contributed by atoms with Gasteiger partial charge in [0.1, 0.15) is 10.8 Å². The Morgan fingerprint density at radius 3 is 1.12 bits per heavy atom. The second-order valence-electron chi connectivity index (χ2n) is 8.71. The zero-order valence-corrected chi connectivity index (χ0v) is 18.2. The lowest BCUT2D eigenvalue weighted by molar-refractivity contribution is -0.139. The van der Waals surface area contributed by atoms with Crippen LogP contribution < -0.4 is 0 Å². The number of hydrogen-bond donors (Lipinski definition) is 2. The van der Waals surface area contributed by atoms with Crippen LogP contribution in [0.3, 0.4) is 0 Å². The largest absolute Gasteiger partial charge is 0.480 e. The number of carboxylic acids is 2. The van der Waals surface area contributed by atoms with Crippen molar-refractivity contribution in [3.63, 3.8) is 0 Å². The second-order valence-corrected chi connectivity index (χ2v) is 9.58. The summed E-state index contributed by atoms with van der Waals surface area (Å²) >= 11 is 11.9. The molecule has 0 unspecified atom stereocenters. The number of carboxylic acid groups (broad SMARTS) is 2. The summed E-state index contributed by atoms with van der Waals surface area (Å²) in [5.74, 6) is -1.88. The summed E-state index contributed by atoms with van der Waals surface area (Å²) in [5, 5.41) is 16.3. The summed E-state index contributed by atoms with van der Waals surface area (Å²) < 4.78 is 0. The van der Waals surface area contributed by atoms with Crippen LogP contribution in [-0.4, -0.2) is 32.9 Å². The zero-order chi connectivity index (χ0) is 20.4. The van der Waals surface area contributed by atoms with Gasteiger partial charge in [0.05, 0.1) is 0 Å². The van der Waals surface area contributed by atoms with Gasteiger partial charge in [0.2, 0.25) is 0 Å². The summed E-state index contributed by atoms with van der Waals surface area (Å²) in [6, 6.07) is 0. The van der Waals surface area contributed by atoms with Gasteiger partial charge in [-0.15, -0.1) is 23.2 Å². The van der Waals surface area contributed by atoms with Crippen molar-refractivity contribution in [1.82, 2.24) is 0 Å². The van der Waals surface area contributed by atoms with Crippen molar-refractivity contribution < 1.29 is 19.8 Å². The molecule has 0 aromatic rings. The van der Waals surface area contributed by atoms with E-state index in [1.165, 1.54) is 12.8 Å². The highest BCUT2D eigenvalue weighted by molar-refractivity contribution is 6.30. The fourth-order valence-electron chi connectivity index (χ4n) is 3.14. The Morgan fingerprint density at radius 1 is 0.654 bits per heavy atom. The van der Waals surface area contributed by atoms with Crippen LogP contribution in [0.1, 0.15) is 91.9 Å². The quantitative estimate of drug-likeness (QED) is 0.244. The molecule has 0 heterocycles. The Labute approximate surface area is 168 Å². The van der Waals surface area contributed by atoms with Gasteiger partial charge in [0.25, 0.3) is 0 Å². The van der Waals surface area contributed by atoms with Gasteiger partial charge < -0.3 is 10.2 Å². The summed E-state index contributed by atoms with van der Waals surface area (Å²) in [5.41, 5.74) is -0.757. The highest BCUT2D eigenvalue weighted by Crippen LogP contribution is 2.33. The van der Waals surface area contributed by atoms with E-state index >= 15 is 0 Å². The number of aliphatic carboxylic acids is 2. The van der Waals surface area contributed by atoms with E-state index in [1.54, 1.807) is 0 Å². The molecule has 2 atom stereocenters. The van der Waals surface area contributed by atoms with Gasteiger partial charge in [0, 0.05) is 0 Å². The Kier molecular flexibility index (Phi) is 11.8. The van der Waals surface area contributed by atoms with Crippen LogP contribution in [0.2, 0.25) is 0 Å². The van der Waals surface area contributed by atoms with Gasteiger partial charge in [-0.3, -0.25) is 9.59 Å². The molecule has 4 nitrogen and oxygen atoms in total. The molecule has 0 aromatic heterocycles.